The van der Waals surface area contributed by atoms with Crippen LogP contribution in [0, 0.1) is 5.92 Å². The molecule has 1 aromatic rings. The van der Waals surface area contributed by atoms with Gasteiger partial charge >= 0.3 is 0 Å². The highest BCUT2D eigenvalue weighted by Crippen LogP contribution is 2.20. The molecule has 0 aliphatic carbocycles. The lowest BCUT2D eigenvalue weighted by atomic mass is 9.92. The van der Waals surface area contributed by atoms with Gasteiger partial charge in [-0.2, -0.15) is 0 Å². The van der Waals surface area contributed by atoms with Gasteiger partial charge in [-0.1, -0.05) is 65.2 Å². The predicted octanol–water partition coefficient (Wildman–Crippen LogP) is 4.73. The van der Waals surface area contributed by atoms with Crippen LogP contribution in [0.25, 0.3) is 0 Å². The minimum absolute atomic E-state index is 0.833. The van der Waals surface area contributed by atoms with E-state index in [0.29, 0.717) is 0 Å². The van der Waals surface area contributed by atoms with Crippen LogP contribution in [0.15, 0.2) is 12.4 Å². The predicted molar refractivity (Wildman–Crippen MR) is 74.1 cm³/mol. The topological polar surface area (TPSA) is 28.7 Å². The Labute approximate surface area is 106 Å². The van der Waals surface area contributed by atoms with E-state index < -0.39 is 0 Å². The van der Waals surface area contributed by atoms with Crippen molar-refractivity contribution >= 4 is 0 Å². The Bertz CT molecular complexity index is 244. The lowest BCUT2D eigenvalue weighted by molar-refractivity contribution is 0.402. The number of hydrogen-bond acceptors (Lipinski definition) is 1. The van der Waals surface area contributed by atoms with Crippen molar-refractivity contribution in [3.63, 3.8) is 0 Å². The number of nitrogens with one attached hydrogen (secondary N) is 1. The van der Waals surface area contributed by atoms with E-state index in [1.807, 2.05) is 12.4 Å². The summed E-state index contributed by atoms with van der Waals surface area (Å²) >= 11 is 0. The van der Waals surface area contributed by atoms with Crippen LogP contribution in [-0.4, -0.2) is 9.97 Å². The molecule has 0 spiro atoms. The van der Waals surface area contributed by atoms with Crippen LogP contribution in [0.4, 0.5) is 0 Å². The molecule has 0 amide bonds. The molecule has 0 aliphatic rings. The van der Waals surface area contributed by atoms with Gasteiger partial charge in [0.1, 0.15) is 5.82 Å². The van der Waals surface area contributed by atoms with Gasteiger partial charge in [-0.15, -0.1) is 0 Å². The van der Waals surface area contributed by atoms with Crippen LogP contribution in [0.5, 0.6) is 0 Å². The highest BCUT2D eigenvalue weighted by Gasteiger charge is 2.10. The fourth-order valence-corrected chi connectivity index (χ4v) is 2.40. The van der Waals surface area contributed by atoms with Crippen LogP contribution in [0.2, 0.25) is 0 Å². The maximum Gasteiger partial charge on any atom is 0.106 e. The standard InChI is InChI=1S/C15H28N2/c1-3-5-7-9-14(10-8-6-4-2)13-15-16-11-12-17-15/h11-12,14H,3-10,13H2,1-2H3,(H,16,17). The van der Waals surface area contributed by atoms with E-state index >= 15 is 0 Å². The van der Waals surface area contributed by atoms with Crippen LogP contribution < -0.4 is 0 Å². The first-order chi connectivity index (χ1) is 8.36. The maximum atomic E-state index is 4.36. The molecule has 1 rings (SSSR count). The molecule has 0 radical (unpaired) electrons. The molecule has 0 aromatic carbocycles. The van der Waals surface area contributed by atoms with Gasteiger partial charge < -0.3 is 4.98 Å². The van der Waals surface area contributed by atoms with Crippen LogP contribution in [0.3, 0.4) is 0 Å². The summed E-state index contributed by atoms with van der Waals surface area (Å²) in [6.45, 7) is 4.55. The quantitative estimate of drug-likeness (QED) is 0.585. The van der Waals surface area contributed by atoms with Crippen molar-refractivity contribution in [3.05, 3.63) is 18.2 Å². The van der Waals surface area contributed by atoms with Gasteiger partial charge in [-0.3, -0.25) is 0 Å². The summed E-state index contributed by atoms with van der Waals surface area (Å²) in [7, 11) is 0. The van der Waals surface area contributed by atoms with Gasteiger partial charge in [0.25, 0.3) is 0 Å². The Kier molecular flexibility index (Phi) is 7.78. The third-order valence-electron chi connectivity index (χ3n) is 3.47. The molecule has 2 heteroatoms. The summed E-state index contributed by atoms with van der Waals surface area (Å²) in [6, 6.07) is 0. The number of aromatic amines is 1. The van der Waals surface area contributed by atoms with E-state index in [1.54, 1.807) is 0 Å². The van der Waals surface area contributed by atoms with Crippen LogP contribution in [-0.2, 0) is 6.42 Å². The lowest BCUT2D eigenvalue weighted by Crippen LogP contribution is -2.06. The molecule has 1 aromatic heterocycles. The number of H-pyrrole nitrogens is 1. The molecule has 0 saturated carbocycles. The summed E-state index contributed by atoms with van der Waals surface area (Å²) in [5, 5.41) is 0. The minimum Gasteiger partial charge on any atom is -0.349 e. The van der Waals surface area contributed by atoms with E-state index in [0.717, 1.165) is 12.3 Å². The molecule has 0 unspecified atom stereocenters. The smallest absolute Gasteiger partial charge is 0.106 e. The molecule has 0 fully saturated rings. The summed E-state index contributed by atoms with van der Waals surface area (Å²) in [5.74, 6) is 2.00. The number of unbranched alkanes of at least 4 members (excludes halogenated alkanes) is 4. The van der Waals surface area contributed by atoms with Crippen molar-refractivity contribution in [2.45, 2.75) is 71.6 Å². The molecule has 1 heterocycles. The fourth-order valence-electron chi connectivity index (χ4n) is 2.40. The van der Waals surface area contributed by atoms with Crippen molar-refractivity contribution in [2.75, 3.05) is 0 Å². The Balaban J connectivity index is 2.29. The lowest BCUT2D eigenvalue weighted by Gasteiger charge is -2.15. The second-order valence-corrected chi connectivity index (χ2v) is 5.10. The average molecular weight is 236 g/mol. The van der Waals surface area contributed by atoms with Crippen LogP contribution in [0.1, 0.15) is 71.0 Å². The Morgan fingerprint density at radius 2 is 1.71 bits per heavy atom. The summed E-state index contributed by atoms with van der Waals surface area (Å²) in [5.41, 5.74) is 0. The van der Waals surface area contributed by atoms with Crippen molar-refractivity contribution in [1.29, 1.82) is 0 Å². The largest absolute Gasteiger partial charge is 0.349 e. The van der Waals surface area contributed by atoms with Gasteiger partial charge in [0, 0.05) is 18.8 Å². The fraction of sp³-hybridized carbons (Fsp3) is 0.800. The number of imidazole rings is 1. The summed E-state index contributed by atoms with van der Waals surface area (Å²) in [4.78, 5) is 7.59. The van der Waals surface area contributed by atoms with Gasteiger partial charge in [-0.25, -0.2) is 4.98 Å². The zero-order valence-electron chi connectivity index (χ0n) is 11.5. The zero-order chi connectivity index (χ0) is 12.3. The first-order valence-corrected chi connectivity index (χ1v) is 7.35. The van der Waals surface area contributed by atoms with E-state index in [1.165, 1.54) is 57.2 Å². The molecule has 2 nitrogen and oxygen atoms in total. The third kappa shape index (κ3) is 6.50. The van der Waals surface area contributed by atoms with E-state index in [2.05, 4.69) is 23.8 Å². The van der Waals surface area contributed by atoms with Crippen molar-refractivity contribution in [3.8, 4) is 0 Å². The molecule has 17 heavy (non-hydrogen) atoms. The normalized spacial score (nSPS) is 11.2. The first-order valence-electron chi connectivity index (χ1n) is 7.35. The van der Waals surface area contributed by atoms with Gasteiger partial charge in [-0.05, 0) is 5.92 Å². The molecule has 0 atom stereocenters. The molecule has 0 aliphatic heterocycles. The molecule has 98 valence electrons. The Hall–Kier alpha value is -0.790. The highest BCUT2D eigenvalue weighted by molar-refractivity contribution is 4.89. The molecule has 0 bridgehead atoms. The number of hydrogen-bond donors (Lipinski definition) is 1. The molecular formula is C15H28N2. The van der Waals surface area contributed by atoms with E-state index in [9.17, 15) is 0 Å². The first kappa shape index (κ1) is 14.3. The van der Waals surface area contributed by atoms with E-state index in [4.69, 9.17) is 0 Å². The van der Waals surface area contributed by atoms with E-state index in [-0.39, 0.29) is 0 Å². The summed E-state index contributed by atoms with van der Waals surface area (Å²) in [6.07, 6.45) is 15.9. The van der Waals surface area contributed by atoms with Crippen LogP contribution >= 0.6 is 0 Å². The molecule has 0 saturated heterocycles. The SMILES string of the molecule is CCCCCC(CCCCC)Cc1ncc[nH]1. The zero-order valence-corrected chi connectivity index (χ0v) is 11.5. The number of rotatable bonds is 10. The Morgan fingerprint density at radius 1 is 1.06 bits per heavy atom. The number of nitrogens with zero attached hydrogens (tertiary/aromatic N) is 1. The number of aromatic nitrogens is 2. The van der Waals surface area contributed by atoms with Crippen molar-refractivity contribution in [2.24, 2.45) is 5.92 Å². The maximum absolute atomic E-state index is 4.36. The molecular weight excluding hydrogens is 208 g/mol. The monoisotopic (exact) mass is 236 g/mol. The van der Waals surface area contributed by atoms with Crippen molar-refractivity contribution < 1.29 is 0 Å². The second-order valence-electron chi connectivity index (χ2n) is 5.10. The Morgan fingerprint density at radius 3 is 2.18 bits per heavy atom. The minimum atomic E-state index is 0.833. The second kappa shape index (κ2) is 9.26. The highest BCUT2D eigenvalue weighted by atomic mass is 14.9. The third-order valence-corrected chi connectivity index (χ3v) is 3.47. The van der Waals surface area contributed by atoms with Crippen molar-refractivity contribution in [1.82, 2.24) is 9.97 Å². The molecule has 1 N–H and O–H groups in total. The van der Waals surface area contributed by atoms with Gasteiger partial charge in [0.15, 0.2) is 0 Å². The van der Waals surface area contributed by atoms with Gasteiger partial charge in [0.2, 0.25) is 0 Å². The summed E-state index contributed by atoms with van der Waals surface area (Å²) < 4.78 is 0. The van der Waals surface area contributed by atoms with Gasteiger partial charge in [0.05, 0.1) is 0 Å². The average Bonchev–Trinajstić information content (AvgIpc) is 2.82.